The third kappa shape index (κ3) is 3.40. The summed E-state index contributed by atoms with van der Waals surface area (Å²) >= 11 is 0. The number of hydrogen-bond acceptors (Lipinski definition) is 4. The Morgan fingerprint density at radius 1 is 1.03 bits per heavy atom. The largest absolute Gasteiger partial charge is 0.326 e. The Morgan fingerprint density at radius 2 is 1.83 bits per heavy atom. The highest BCUT2D eigenvalue weighted by molar-refractivity contribution is 6.06. The summed E-state index contributed by atoms with van der Waals surface area (Å²) in [5, 5.41) is 6.25. The second kappa shape index (κ2) is 6.84. The van der Waals surface area contributed by atoms with Gasteiger partial charge in [0.1, 0.15) is 5.82 Å². The minimum absolute atomic E-state index is 0.0212. The maximum absolute atomic E-state index is 12.7. The lowest BCUT2D eigenvalue weighted by molar-refractivity contribution is -0.117. The number of nitrogens with zero attached hydrogens (tertiary/aromatic N) is 2. The first-order valence-electron chi connectivity index (χ1n) is 9.84. The van der Waals surface area contributed by atoms with Crippen molar-refractivity contribution in [2.45, 2.75) is 32.2 Å². The van der Waals surface area contributed by atoms with Gasteiger partial charge in [0.2, 0.25) is 5.91 Å². The molecule has 7 heteroatoms. The molecule has 0 saturated heterocycles. The molecule has 3 aromatic rings. The number of carbonyl (C=O) groups is 2. The van der Waals surface area contributed by atoms with E-state index in [9.17, 15) is 14.4 Å². The average Bonchev–Trinajstić information content (AvgIpc) is 3.46. The molecule has 7 nitrogen and oxygen atoms in total. The van der Waals surface area contributed by atoms with Gasteiger partial charge >= 0.3 is 0 Å². The van der Waals surface area contributed by atoms with E-state index in [1.54, 1.807) is 47.0 Å². The van der Waals surface area contributed by atoms with Crippen LogP contribution in [0.25, 0.3) is 10.9 Å². The molecule has 0 radical (unpaired) electrons. The van der Waals surface area contributed by atoms with E-state index in [1.807, 2.05) is 0 Å². The van der Waals surface area contributed by atoms with Crippen LogP contribution < -0.4 is 16.2 Å². The van der Waals surface area contributed by atoms with E-state index in [-0.39, 0.29) is 23.3 Å². The summed E-state index contributed by atoms with van der Waals surface area (Å²) in [7, 11) is 0. The van der Waals surface area contributed by atoms with E-state index >= 15 is 0 Å². The molecule has 1 fully saturated rings. The van der Waals surface area contributed by atoms with Gasteiger partial charge in [-0.2, -0.15) is 0 Å². The van der Waals surface area contributed by atoms with Gasteiger partial charge in [-0.3, -0.25) is 19.0 Å². The molecule has 2 aromatic carbocycles. The Morgan fingerprint density at radius 3 is 2.62 bits per heavy atom. The maximum Gasteiger partial charge on any atom is 0.261 e. The van der Waals surface area contributed by atoms with Crippen LogP contribution in [0.3, 0.4) is 0 Å². The van der Waals surface area contributed by atoms with Crippen LogP contribution in [-0.4, -0.2) is 21.4 Å². The topological polar surface area (TPSA) is 93.1 Å². The number of rotatable bonds is 4. The summed E-state index contributed by atoms with van der Waals surface area (Å²) in [5.41, 5.74) is 2.17. The van der Waals surface area contributed by atoms with Crippen LogP contribution in [0.1, 0.15) is 35.4 Å². The van der Waals surface area contributed by atoms with Gasteiger partial charge in [-0.15, -0.1) is 0 Å². The van der Waals surface area contributed by atoms with Gasteiger partial charge in [-0.25, -0.2) is 4.98 Å². The van der Waals surface area contributed by atoms with Gasteiger partial charge in [0, 0.05) is 35.8 Å². The van der Waals surface area contributed by atoms with Gasteiger partial charge in [-0.1, -0.05) is 6.07 Å². The van der Waals surface area contributed by atoms with Gasteiger partial charge in [0.25, 0.3) is 11.5 Å². The van der Waals surface area contributed by atoms with Crippen molar-refractivity contribution in [2.75, 3.05) is 10.6 Å². The number of amides is 2. The Kier molecular flexibility index (Phi) is 4.16. The molecule has 1 saturated carbocycles. The normalized spacial score (nSPS) is 15.2. The number of nitrogens with one attached hydrogen (secondary N) is 2. The highest BCUT2D eigenvalue weighted by atomic mass is 16.2. The van der Waals surface area contributed by atoms with E-state index < -0.39 is 0 Å². The number of aryl methyl sites for hydroxylation is 1. The smallest absolute Gasteiger partial charge is 0.261 e. The predicted molar refractivity (Wildman–Crippen MR) is 110 cm³/mol. The molecule has 0 atom stereocenters. The van der Waals surface area contributed by atoms with Crippen molar-refractivity contribution >= 4 is 34.1 Å². The second-order valence-corrected chi connectivity index (χ2v) is 7.62. The molecule has 0 spiro atoms. The molecule has 2 heterocycles. The van der Waals surface area contributed by atoms with Gasteiger partial charge < -0.3 is 10.6 Å². The van der Waals surface area contributed by atoms with Crippen LogP contribution >= 0.6 is 0 Å². The van der Waals surface area contributed by atoms with Crippen molar-refractivity contribution in [2.24, 2.45) is 5.92 Å². The van der Waals surface area contributed by atoms with Crippen molar-refractivity contribution in [1.29, 1.82) is 0 Å². The lowest BCUT2D eigenvalue weighted by Gasteiger charge is -2.10. The molecule has 2 N–H and O–H groups in total. The molecule has 1 aromatic heterocycles. The van der Waals surface area contributed by atoms with E-state index in [0.717, 1.165) is 31.5 Å². The highest BCUT2D eigenvalue weighted by Crippen LogP contribution is 2.30. The minimum Gasteiger partial charge on any atom is -0.326 e. The molecule has 1 aliphatic heterocycles. The van der Waals surface area contributed by atoms with E-state index in [2.05, 4.69) is 15.6 Å². The molecule has 5 rings (SSSR count). The van der Waals surface area contributed by atoms with Gasteiger partial charge in [0.05, 0.1) is 10.9 Å². The molecule has 29 heavy (non-hydrogen) atoms. The Bertz CT molecular complexity index is 1210. The molecule has 2 amide bonds. The fraction of sp³-hybridized carbons (Fsp3) is 0.273. The van der Waals surface area contributed by atoms with Gasteiger partial charge in [-0.05, 0) is 55.7 Å². The number of benzene rings is 2. The molecular weight excluding hydrogens is 368 g/mol. The summed E-state index contributed by atoms with van der Waals surface area (Å²) in [6.07, 6.45) is 3.57. The van der Waals surface area contributed by atoms with Crippen molar-refractivity contribution < 1.29 is 9.59 Å². The number of carbonyl (C=O) groups excluding carboxylic acids is 2. The highest BCUT2D eigenvalue weighted by Gasteiger charge is 2.29. The molecule has 0 bridgehead atoms. The number of anilines is 2. The van der Waals surface area contributed by atoms with Crippen LogP contribution in [0.15, 0.2) is 47.3 Å². The SMILES string of the molecule is O=C(Nc1cccc(NC(=O)C2CC2)c1)c1ccc2c(=O)n3c(nc2c1)CCC3. The number of hydrogen-bond donors (Lipinski definition) is 2. The first-order chi connectivity index (χ1) is 14.1. The molecule has 0 unspecified atom stereocenters. The Labute approximate surface area is 166 Å². The second-order valence-electron chi connectivity index (χ2n) is 7.62. The first kappa shape index (κ1) is 17.6. The summed E-state index contributed by atoms with van der Waals surface area (Å²) in [6, 6.07) is 12.0. The fourth-order valence-electron chi connectivity index (χ4n) is 3.69. The van der Waals surface area contributed by atoms with Crippen molar-refractivity contribution in [1.82, 2.24) is 9.55 Å². The fourth-order valence-corrected chi connectivity index (χ4v) is 3.69. The zero-order valence-corrected chi connectivity index (χ0v) is 15.8. The summed E-state index contributed by atoms with van der Waals surface area (Å²) in [6.45, 7) is 0.701. The van der Waals surface area contributed by atoms with Crippen molar-refractivity contribution in [3.8, 4) is 0 Å². The van der Waals surface area contributed by atoms with Crippen LogP contribution in [0.2, 0.25) is 0 Å². The summed E-state index contributed by atoms with van der Waals surface area (Å²) < 4.78 is 1.71. The summed E-state index contributed by atoms with van der Waals surface area (Å²) in [4.78, 5) is 41.8. The third-order valence-corrected chi connectivity index (χ3v) is 5.41. The maximum atomic E-state index is 12.7. The zero-order chi connectivity index (χ0) is 20.0. The molecular formula is C22H20N4O3. The Hall–Kier alpha value is -3.48. The van der Waals surface area contributed by atoms with Crippen LogP contribution in [0.4, 0.5) is 11.4 Å². The van der Waals surface area contributed by atoms with Crippen LogP contribution in [0.5, 0.6) is 0 Å². The average molecular weight is 388 g/mol. The monoisotopic (exact) mass is 388 g/mol. The van der Waals surface area contributed by atoms with Crippen molar-refractivity contribution in [3.05, 3.63) is 64.2 Å². The van der Waals surface area contributed by atoms with E-state index in [4.69, 9.17) is 0 Å². The van der Waals surface area contributed by atoms with Crippen LogP contribution in [-0.2, 0) is 17.8 Å². The minimum atomic E-state index is -0.292. The zero-order valence-electron chi connectivity index (χ0n) is 15.8. The van der Waals surface area contributed by atoms with Crippen molar-refractivity contribution in [3.63, 3.8) is 0 Å². The molecule has 2 aliphatic rings. The van der Waals surface area contributed by atoms with Crippen LogP contribution in [0, 0.1) is 5.92 Å². The lowest BCUT2D eigenvalue weighted by Crippen LogP contribution is -2.21. The Balaban J connectivity index is 1.38. The quantitative estimate of drug-likeness (QED) is 0.719. The summed E-state index contributed by atoms with van der Waals surface area (Å²) in [5.74, 6) is 0.621. The standard InChI is InChI=1S/C22H20N4O3/c27-20(13-6-7-13)23-15-3-1-4-16(12-15)24-21(28)14-8-9-17-18(11-14)25-19-5-2-10-26(19)22(17)29/h1,3-4,8-9,11-13H,2,5-7,10H2,(H,23,27)(H,24,28). The third-order valence-electron chi connectivity index (χ3n) is 5.41. The lowest BCUT2D eigenvalue weighted by atomic mass is 10.1. The predicted octanol–water partition coefficient (Wildman–Crippen LogP) is 2.94. The molecule has 146 valence electrons. The number of aromatic nitrogens is 2. The van der Waals surface area contributed by atoms with Gasteiger partial charge in [0.15, 0.2) is 0 Å². The van der Waals surface area contributed by atoms with E-state index in [0.29, 0.717) is 34.4 Å². The molecule has 1 aliphatic carbocycles. The number of fused-ring (bicyclic) bond motifs is 2. The first-order valence-corrected chi connectivity index (χ1v) is 9.84. The van der Waals surface area contributed by atoms with E-state index in [1.165, 1.54) is 0 Å².